The highest BCUT2D eigenvalue weighted by atomic mass is 35.5. The molecular formula is C17H18ClNO2. The molecule has 0 N–H and O–H groups in total. The fourth-order valence-electron chi connectivity index (χ4n) is 1.78. The molecule has 2 rings (SSSR count). The molecule has 4 heteroatoms. The van der Waals surface area contributed by atoms with Crippen molar-refractivity contribution in [2.75, 3.05) is 13.7 Å². The lowest BCUT2D eigenvalue weighted by molar-refractivity contribution is 0.317. The Balaban J connectivity index is 2.19. The van der Waals surface area contributed by atoms with Gasteiger partial charge in [-0.2, -0.15) is 0 Å². The van der Waals surface area contributed by atoms with Crippen molar-refractivity contribution in [1.29, 1.82) is 0 Å². The van der Waals surface area contributed by atoms with Gasteiger partial charge in [0.2, 0.25) is 0 Å². The Morgan fingerprint density at radius 3 is 2.57 bits per heavy atom. The molecule has 0 aliphatic rings. The molecule has 0 spiro atoms. The van der Waals surface area contributed by atoms with Crippen molar-refractivity contribution in [3.8, 4) is 11.5 Å². The average molecular weight is 304 g/mol. The van der Waals surface area contributed by atoms with Gasteiger partial charge in [-0.25, -0.2) is 0 Å². The molecule has 0 heterocycles. The zero-order chi connectivity index (χ0) is 15.1. The quantitative estimate of drug-likeness (QED) is 0.711. The van der Waals surface area contributed by atoms with Crippen molar-refractivity contribution < 1.29 is 9.47 Å². The highest BCUT2D eigenvalue weighted by molar-refractivity contribution is 6.30. The maximum atomic E-state index is 6.04. The SMILES string of the molecule is CCCOc1ccc(Cl)cc1C=Nc1ccc(OC)cc1. The summed E-state index contributed by atoms with van der Waals surface area (Å²) in [5.74, 6) is 1.60. The minimum absolute atomic E-state index is 0.662. The molecule has 0 aliphatic carbocycles. The molecule has 0 amide bonds. The van der Waals surface area contributed by atoms with Crippen LogP contribution < -0.4 is 9.47 Å². The third kappa shape index (κ3) is 4.50. The van der Waals surface area contributed by atoms with E-state index in [1.807, 2.05) is 42.5 Å². The monoisotopic (exact) mass is 303 g/mol. The molecule has 110 valence electrons. The first kappa shape index (κ1) is 15.4. The summed E-state index contributed by atoms with van der Waals surface area (Å²) in [5, 5.41) is 0.662. The Bertz CT molecular complexity index is 609. The minimum Gasteiger partial charge on any atom is -0.497 e. The maximum Gasteiger partial charge on any atom is 0.128 e. The van der Waals surface area contributed by atoms with Crippen LogP contribution in [0.15, 0.2) is 47.5 Å². The standard InChI is InChI=1S/C17H18ClNO2/c1-3-10-21-17-9-4-14(18)11-13(17)12-19-15-5-7-16(20-2)8-6-15/h4-9,11-12H,3,10H2,1-2H3. The summed E-state index contributed by atoms with van der Waals surface area (Å²) in [6.45, 7) is 2.74. The number of rotatable bonds is 6. The molecule has 0 aromatic heterocycles. The summed E-state index contributed by atoms with van der Waals surface area (Å²) in [6.07, 6.45) is 2.72. The number of methoxy groups -OCH3 is 1. The summed E-state index contributed by atoms with van der Waals surface area (Å²) in [5.41, 5.74) is 1.71. The van der Waals surface area contributed by atoms with Crippen LogP contribution >= 0.6 is 11.6 Å². The first-order chi connectivity index (χ1) is 10.2. The molecular weight excluding hydrogens is 286 g/mol. The predicted molar refractivity (Wildman–Crippen MR) is 87.5 cm³/mol. The number of hydrogen-bond acceptors (Lipinski definition) is 3. The van der Waals surface area contributed by atoms with Crippen molar-refractivity contribution in [2.45, 2.75) is 13.3 Å². The molecule has 0 unspecified atom stereocenters. The fraction of sp³-hybridized carbons (Fsp3) is 0.235. The van der Waals surface area contributed by atoms with E-state index >= 15 is 0 Å². The molecule has 2 aromatic carbocycles. The molecule has 0 aliphatic heterocycles. The summed E-state index contributed by atoms with van der Waals surface area (Å²) < 4.78 is 10.8. The van der Waals surface area contributed by atoms with Gasteiger partial charge in [-0.05, 0) is 48.9 Å². The van der Waals surface area contributed by atoms with Crippen molar-refractivity contribution in [1.82, 2.24) is 0 Å². The van der Waals surface area contributed by atoms with Gasteiger partial charge in [0.25, 0.3) is 0 Å². The summed E-state index contributed by atoms with van der Waals surface area (Å²) in [4.78, 5) is 4.44. The Morgan fingerprint density at radius 1 is 1.14 bits per heavy atom. The molecule has 0 radical (unpaired) electrons. The van der Waals surface area contributed by atoms with Crippen LogP contribution in [0.25, 0.3) is 0 Å². The van der Waals surface area contributed by atoms with E-state index in [1.165, 1.54) is 0 Å². The van der Waals surface area contributed by atoms with Gasteiger partial charge < -0.3 is 9.47 Å². The van der Waals surface area contributed by atoms with Crippen molar-refractivity contribution in [2.24, 2.45) is 4.99 Å². The van der Waals surface area contributed by atoms with Crippen molar-refractivity contribution in [3.05, 3.63) is 53.1 Å². The van der Waals surface area contributed by atoms with Crippen LogP contribution in [0.4, 0.5) is 5.69 Å². The Labute approximate surface area is 130 Å². The topological polar surface area (TPSA) is 30.8 Å². The van der Waals surface area contributed by atoms with Crippen LogP contribution in [0.3, 0.4) is 0 Å². The van der Waals surface area contributed by atoms with Crippen molar-refractivity contribution >= 4 is 23.5 Å². The molecule has 0 saturated heterocycles. The van der Waals surface area contributed by atoms with E-state index in [0.717, 1.165) is 29.2 Å². The fourth-order valence-corrected chi connectivity index (χ4v) is 1.96. The van der Waals surface area contributed by atoms with E-state index in [9.17, 15) is 0 Å². The van der Waals surface area contributed by atoms with Gasteiger partial charge in [-0.3, -0.25) is 4.99 Å². The number of aliphatic imine (C=N–C) groups is 1. The highest BCUT2D eigenvalue weighted by Crippen LogP contribution is 2.23. The van der Waals surface area contributed by atoms with E-state index in [2.05, 4.69) is 11.9 Å². The maximum absolute atomic E-state index is 6.04. The summed E-state index contributed by atoms with van der Waals surface area (Å²) in [6, 6.07) is 13.1. The van der Waals surface area contributed by atoms with E-state index in [-0.39, 0.29) is 0 Å². The normalized spacial score (nSPS) is 10.8. The van der Waals surface area contributed by atoms with Gasteiger partial charge in [0.15, 0.2) is 0 Å². The van der Waals surface area contributed by atoms with Crippen LogP contribution in [-0.4, -0.2) is 19.9 Å². The van der Waals surface area contributed by atoms with E-state index in [0.29, 0.717) is 11.6 Å². The Morgan fingerprint density at radius 2 is 1.90 bits per heavy atom. The zero-order valence-electron chi connectivity index (χ0n) is 12.2. The number of benzene rings is 2. The largest absolute Gasteiger partial charge is 0.497 e. The summed E-state index contributed by atoms with van der Waals surface area (Å²) >= 11 is 6.04. The van der Waals surface area contributed by atoms with Crippen LogP contribution in [0.5, 0.6) is 11.5 Å². The summed E-state index contributed by atoms with van der Waals surface area (Å²) in [7, 11) is 1.64. The highest BCUT2D eigenvalue weighted by Gasteiger charge is 2.02. The first-order valence-electron chi connectivity index (χ1n) is 6.83. The van der Waals surface area contributed by atoms with Gasteiger partial charge >= 0.3 is 0 Å². The number of ether oxygens (including phenoxy) is 2. The van der Waals surface area contributed by atoms with Crippen molar-refractivity contribution in [3.63, 3.8) is 0 Å². The van der Waals surface area contributed by atoms with Gasteiger partial charge in [0.1, 0.15) is 11.5 Å². The van der Waals surface area contributed by atoms with Crippen LogP contribution in [0.2, 0.25) is 5.02 Å². The molecule has 3 nitrogen and oxygen atoms in total. The first-order valence-corrected chi connectivity index (χ1v) is 7.21. The zero-order valence-corrected chi connectivity index (χ0v) is 12.9. The van der Waals surface area contributed by atoms with Gasteiger partial charge in [-0.1, -0.05) is 18.5 Å². The average Bonchev–Trinajstić information content (AvgIpc) is 2.52. The van der Waals surface area contributed by atoms with Gasteiger partial charge in [-0.15, -0.1) is 0 Å². The lowest BCUT2D eigenvalue weighted by Gasteiger charge is -2.08. The predicted octanol–water partition coefficient (Wildman–Crippen LogP) is 4.89. The lowest BCUT2D eigenvalue weighted by atomic mass is 10.2. The molecule has 21 heavy (non-hydrogen) atoms. The second-order valence-electron chi connectivity index (χ2n) is 4.49. The lowest BCUT2D eigenvalue weighted by Crippen LogP contribution is -1.98. The van der Waals surface area contributed by atoms with Gasteiger partial charge in [0, 0.05) is 16.8 Å². The Kier molecular flexibility index (Phi) is 5.64. The van der Waals surface area contributed by atoms with Crippen LogP contribution in [0, 0.1) is 0 Å². The number of nitrogens with zero attached hydrogens (tertiary/aromatic N) is 1. The number of halogens is 1. The van der Waals surface area contributed by atoms with E-state index in [4.69, 9.17) is 21.1 Å². The third-order valence-corrected chi connectivity index (χ3v) is 3.09. The Hall–Kier alpha value is -2.00. The third-order valence-electron chi connectivity index (χ3n) is 2.86. The van der Waals surface area contributed by atoms with Gasteiger partial charge in [0.05, 0.1) is 19.4 Å². The minimum atomic E-state index is 0.662. The molecule has 0 bridgehead atoms. The van der Waals surface area contributed by atoms with E-state index in [1.54, 1.807) is 13.3 Å². The second-order valence-corrected chi connectivity index (χ2v) is 4.92. The molecule has 0 atom stereocenters. The second kappa shape index (κ2) is 7.70. The van der Waals surface area contributed by atoms with Crippen LogP contribution in [0.1, 0.15) is 18.9 Å². The molecule has 0 saturated carbocycles. The van der Waals surface area contributed by atoms with E-state index < -0.39 is 0 Å². The smallest absolute Gasteiger partial charge is 0.128 e. The van der Waals surface area contributed by atoms with Crippen LogP contribution in [-0.2, 0) is 0 Å². The molecule has 0 fully saturated rings. The molecule has 2 aromatic rings. The number of hydrogen-bond donors (Lipinski definition) is 0.